The molecular formula is C11H15NS. The zero-order valence-corrected chi connectivity index (χ0v) is 8.62. The molecule has 0 bridgehead atoms. The maximum atomic E-state index is 3.52. The van der Waals surface area contributed by atoms with Crippen LogP contribution in [0.1, 0.15) is 29.7 Å². The van der Waals surface area contributed by atoms with Crippen LogP contribution in [0.4, 0.5) is 0 Å². The molecule has 0 radical (unpaired) electrons. The third-order valence-corrected chi connectivity index (χ3v) is 4.60. The quantitative estimate of drug-likeness (QED) is 0.667. The minimum absolute atomic E-state index is 0.535. The molecule has 1 spiro atoms. The normalized spacial score (nSPS) is 32.3. The number of aryl methyl sites for hydroxylation is 1. The lowest BCUT2D eigenvalue weighted by atomic mass is 9.72. The molecule has 1 saturated heterocycles. The molecule has 2 heteroatoms. The number of hydrogen-bond acceptors (Lipinski definition) is 2. The van der Waals surface area contributed by atoms with E-state index in [1.807, 2.05) is 11.3 Å². The maximum absolute atomic E-state index is 3.52. The molecule has 0 unspecified atom stereocenters. The predicted molar refractivity (Wildman–Crippen MR) is 56.4 cm³/mol. The fraction of sp³-hybridized carbons (Fsp3) is 0.636. The lowest BCUT2D eigenvalue weighted by Gasteiger charge is -2.32. The van der Waals surface area contributed by atoms with Gasteiger partial charge >= 0.3 is 0 Å². The molecule has 1 fully saturated rings. The van der Waals surface area contributed by atoms with E-state index in [9.17, 15) is 0 Å². The molecule has 0 aromatic carbocycles. The van der Waals surface area contributed by atoms with Crippen molar-refractivity contribution in [3.8, 4) is 0 Å². The van der Waals surface area contributed by atoms with Crippen LogP contribution in [0.2, 0.25) is 0 Å². The summed E-state index contributed by atoms with van der Waals surface area (Å²) in [5, 5.41) is 5.79. The Balaban J connectivity index is 2.08. The summed E-state index contributed by atoms with van der Waals surface area (Å²) in [7, 11) is 0. The van der Waals surface area contributed by atoms with E-state index in [0.717, 1.165) is 0 Å². The molecule has 1 aliphatic heterocycles. The van der Waals surface area contributed by atoms with E-state index < -0.39 is 0 Å². The summed E-state index contributed by atoms with van der Waals surface area (Å²) in [6, 6.07) is 2.37. The van der Waals surface area contributed by atoms with Crippen LogP contribution in [-0.2, 0) is 11.8 Å². The van der Waals surface area contributed by atoms with Crippen LogP contribution in [0.25, 0.3) is 0 Å². The fourth-order valence-electron chi connectivity index (χ4n) is 2.92. The highest BCUT2D eigenvalue weighted by molar-refractivity contribution is 7.10. The Bertz CT molecular complexity index is 310. The smallest absolute Gasteiger partial charge is 0.0101 e. The topological polar surface area (TPSA) is 12.0 Å². The molecule has 0 saturated carbocycles. The van der Waals surface area contributed by atoms with Crippen molar-refractivity contribution in [3.63, 3.8) is 0 Å². The van der Waals surface area contributed by atoms with Gasteiger partial charge in [0.25, 0.3) is 0 Å². The summed E-state index contributed by atoms with van der Waals surface area (Å²) >= 11 is 1.96. The average Bonchev–Trinajstić information content (AvgIpc) is 2.74. The Labute approximate surface area is 83.2 Å². The van der Waals surface area contributed by atoms with Gasteiger partial charge in [0, 0.05) is 16.8 Å². The van der Waals surface area contributed by atoms with Gasteiger partial charge in [0.2, 0.25) is 0 Å². The van der Waals surface area contributed by atoms with Gasteiger partial charge in [-0.15, -0.1) is 11.3 Å². The van der Waals surface area contributed by atoms with Crippen molar-refractivity contribution in [1.82, 2.24) is 5.32 Å². The van der Waals surface area contributed by atoms with Gasteiger partial charge in [0.1, 0.15) is 0 Å². The highest BCUT2D eigenvalue weighted by Gasteiger charge is 2.39. The SMILES string of the molecule is c1cc2c(s1)CCC[C@@]21CCNC1. The third-order valence-electron chi connectivity index (χ3n) is 3.62. The van der Waals surface area contributed by atoms with Gasteiger partial charge in [-0.2, -0.15) is 0 Å². The van der Waals surface area contributed by atoms with Crippen LogP contribution in [0.3, 0.4) is 0 Å². The third kappa shape index (κ3) is 1.09. The molecule has 70 valence electrons. The summed E-state index contributed by atoms with van der Waals surface area (Å²) in [5.74, 6) is 0. The van der Waals surface area contributed by atoms with Crippen LogP contribution in [0.5, 0.6) is 0 Å². The van der Waals surface area contributed by atoms with Crippen molar-refractivity contribution in [2.24, 2.45) is 0 Å². The second kappa shape index (κ2) is 2.82. The standard InChI is InChI=1S/C11H15NS/c1-2-10-9(3-7-13-10)11(4-1)5-6-12-8-11/h3,7,12H,1-2,4-6,8H2/t11-/m0/s1. The van der Waals surface area contributed by atoms with E-state index in [-0.39, 0.29) is 0 Å². The first-order valence-corrected chi connectivity index (χ1v) is 6.06. The van der Waals surface area contributed by atoms with Crippen LogP contribution in [-0.4, -0.2) is 13.1 Å². The maximum Gasteiger partial charge on any atom is 0.0101 e. The number of fused-ring (bicyclic) bond motifs is 2. The van der Waals surface area contributed by atoms with Gasteiger partial charge < -0.3 is 5.32 Å². The summed E-state index contributed by atoms with van der Waals surface area (Å²) < 4.78 is 0. The van der Waals surface area contributed by atoms with Crippen molar-refractivity contribution < 1.29 is 0 Å². The minimum Gasteiger partial charge on any atom is -0.316 e. The van der Waals surface area contributed by atoms with Crippen molar-refractivity contribution in [2.75, 3.05) is 13.1 Å². The Morgan fingerprint density at radius 3 is 3.23 bits per heavy atom. The minimum atomic E-state index is 0.535. The Morgan fingerprint density at radius 1 is 1.38 bits per heavy atom. The van der Waals surface area contributed by atoms with E-state index in [1.165, 1.54) is 38.8 Å². The second-order valence-corrected chi connectivity index (χ2v) is 5.32. The molecule has 1 nitrogen and oxygen atoms in total. The van der Waals surface area contributed by atoms with Gasteiger partial charge in [-0.1, -0.05) is 0 Å². The molecule has 13 heavy (non-hydrogen) atoms. The molecule has 1 N–H and O–H groups in total. The molecular weight excluding hydrogens is 178 g/mol. The van der Waals surface area contributed by atoms with Gasteiger partial charge in [-0.25, -0.2) is 0 Å². The molecule has 1 aliphatic carbocycles. The Morgan fingerprint density at radius 2 is 2.38 bits per heavy atom. The van der Waals surface area contributed by atoms with Crippen LogP contribution >= 0.6 is 11.3 Å². The predicted octanol–water partition coefficient (Wildman–Crippen LogP) is 2.32. The summed E-state index contributed by atoms with van der Waals surface area (Å²) in [4.78, 5) is 1.66. The first kappa shape index (κ1) is 8.01. The largest absolute Gasteiger partial charge is 0.316 e. The van der Waals surface area contributed by atoms with Crippen LogP contribution in [0.15, 0.2) is 11.4 Å². The molecule has 1 aromatic rings. The summed E-state index contributed by atoms with van der Waals surface area (Å²) in [5.41, 5.74) is 2.21. The number of nitrogens with one attached hydrogen (secondary N) is 1. The van der Waals surface area contributed by atoms with Gasteiger partial charge in [0.05, 0.1) is 0 Å². The summed E-state index contributed by atoms with van der Waals surface area (Å²) in [6.45, 7) is 2.44. The molecule has 2 heterocycles. The lowest BCUT2D eigenvalue weighted by Crippen LogP contribution is -2.32. The molecule has 2 aliphatic rings. The van der Waals surface area contributed by atoms with Crippen LogP contribution < -0.4 is 5.32 Å². The lowest BCUT2D eigenvalue weighted by molar-refractivity contribution is 0.397. The van der Waals surface area contributed by atoms with E-state index in [2.05, 4.69) is 16.8 Å². The number of thiophene rings is 1. The monoisotopic (exact) mass is 193 g/mol. The Hall–Kier alpha value is -0.340. The zero-order chi connectivity index (χ0) is 8.73. The molecule has 1 atom stereocenters. The van der Waals surface area contributed by atoms with E-state index in [1.54, 1.807) is 10.4 Å². The fourth-order valence-corrected chi connectivity index (χ4v) is 3.96. The molecule has 0 amide bonds. The van der Waals surface area contributed by atoms with E-state index in [4.69, 9.17) is 0 Å². The first-order chi connectivity index (χ1) is 6.41. The number of rotatable bonds is 0. The number of hydrogen-bond donors (Lipinski definition) is 1. The van der Waals surface area contributed by atoms with Gasteiger partial charge in [-0.05, 0) is 49.2 Å². The van der Waals surface area contributed by atoms with E-state index >= 15 is 0 Å². The van der Waals surface area contributed by atoms with Crippen molar-refractivity contribution in [2.45, 2.75) is 31.1 Å². The van der Waals surface area contributed by atoms with Crippen molar-refractivity contribution in [3.05, 3.63) is 21.9 Å². The zero-order valence-electron chi connectivity index (χ0n) is 7.81. The summed E-state index contributed by atoms with van der Waals surface area (Å²) in [6.07, 6.45) is 5.49. The van der Waals surface area contributed by atoms with Gasteiger partial charge in [-0.3, -0.25) is 0 Å². The van der Waals surface area contributed by atoms with Gasteiger partial charge in [0.15, 0.2) is 0 Å². The van der Waals surface area contributed by atoms with Crippen molar-refractivity contribution in [1.29, 1.82) is 0 Å². The first-order valence-electron chi connectivity index (χ1n) is 5.18. The molecule has 1 aromatic heterocycles. The van der Waals surface area contributed by atoms with E-state index in [0.29, 0.717) is 5.41 Å². The molecule has 3 rings (SSSR count). The highest BCUT2D eigenvalue weighted by atomic mass is 32.1. The van der Waals surface area contributed by atoms with Crippen molar-refractivity contribution >= 4 is 11.3 Å². The second-order valence-electron chi connectivity index (χ2n) is 4.32. The average molecular weight is 193 g/mol. The highest BCUT2D eigenvalue weighted by Crippen LogP contribution is 2.43. The van der Waals surface area contributed by atoms with Crippen LogP contribution in [0, 0.1) is 0 Å². The Kier molecular flexibility index (Phi) is 1.74.